The average molecular weight is 352 g/mol. The summed E-state index contributed by atoms with van der Waals surface area (Å²) in [4.78, 5) is 15.4. The predicted molar refractivity (Wildman–Crippen MR) is 87.9 cm³/mol. The monoisotopic (exact) mass is 352 g/mol. The standard InChI is InChI=1S/C16H20N2O5S/c1-10(2)8-14(16(19)20)18-24(21,22)13-6-4-12(5-7-13)15-9-23-11(3)17-15/h4-7,9-10,14,18H,8H2,1-3H3,(H,19,20)/t14-/m1/s1. The van der Waals surface area contributed by atoms with Crippen LogP contribution in [0.3, 0.4) is 0 Å². The Kier molecular flexibility index (Phi) is 5.40. The van der Waals surface area contributed by atoms with Crippen molar-refractivity contribution in [1.82, 2.24) is 9.71 Å². The summed E-state index contributed by atoms with van der Waals surface area (Å²) in [6.45, 7) is 5.38. The Morgan fingerprint density at radius 2 is 1.92 bits per heavy atom. The quantitative estimate of drug-likeness (QED) is 0.792. The van der Waals surface area contributed by atoms with Gasteiger partial charge in [-0.25, -0.2) is 13.4 Å². The molecule has 0 aliphatic carbocycles. The second kappa shape index (κ2) is 7.14. The van der Waals surface area contributed by atoms with Crippen molar-refractivity contribution in [3.63, 3.8) is 0 Å². The first-order chi connectivity index (χ1) is 11.2. The van der Waals surface area contributed by atoms with Gasteiger partial charge >= 0.3 is 5.97 Å². The largest absolute Gasteiger partial charge is 0.480 e. The van der Waals surface area contributed by atoms with Crippen LogP contribution in [0.15, 0.2) is 39.8 Å². The number of carbonyl (C=O) groups is 1. The molecule has 1 aromatic carbocycles. The molecule has 8 heteroatoms. The van der Waals surface area contributed by atoms with Crippen molar-refractivity contribution >= 4 is 16.0 Å². The van der Waals surface area contributed by atoms with Crippen LogP contribution in [0.2, 0.25) is 0 Å². The minimum absolute atomic E-state index is 0.00136. The minimum atomic E-state index is -3.92. The van der Waals surface area contributed by atoms with Gasteiger partial charge in [0.1, 0.15) is 18.0 Å². The van der Waals surface area contributed by atoms with E-state index in [0.29, 0.717) is 17.1 Å². The summed E-state index contributed by atoms with van der Waals surface area (Å²) >= 11 is 0. The number of aromatic nitrogens is 1. The number of rotatable bonds is 7. The fourth-order valence-electron chi connectivity index (χ4n) is 2.23. The Morgan fingerprint density at radius 3 is 2.38 bits per heavy atom. The molecule has 0 saturated carbocycles. The first-order valence-electron chi connectivity index (χ1n) is 7.46. The van der Waals surface area contributed by atoms with E-state index in [0.717, 1.165) is 0 Å². The van der Waals surface area contributed by atoms with E-state index in [4.69, 9.17) is 4.42 Å². The molecule has 2 N–H and O–H groups in total. The number of aryl methyl sites for hydroxylation is 1. The number of aliphatic carboxylic acids is 1. The minimum Gasteiger partial charge on any atom is -0.480 e. The number of benzene rings is 1. The van der Waals surface area contributed by atoms with Gasteiger partial charge in [0.05, 0.1) is 4.90 Å². The van der Waals surface area contributed by atoms with Gasteiger partial charge in [0.15, 0.2) is 5.89 Å². The summed E-state index contributed by atoms with van der Waals surface area (Å²) in [6, 6.07) is 4.87. The highest BCUT2D eigenvalue weighted by Crippen LogP contribution is 2.21. The highest BCUT2D eigenvalue weighted by Gasteiger charge is 2.26. The maximum Gasteiger partial charge on any atom is 0.321 e. The SMILES string of the molecule is Cc1nc(-c2ccc(S(=O)(=O)N[C@H](CC(C)C)C(=O)O)cc2)co1. The second-order valence-corrected chi connectivity index (χ2v) is 7.63. The number of sulfonamides is 1. The normalized spacial score (nSPS) is 13.2. The number of oxazole rings is 1. The van der Waals surface area contributed by atoms with Crippen LogP contribution in [-0.4, -0.2) is 30.5 Å². The number of carboxylic acids is 1. The fraction of sp³-hybridized carbons (Fsp3) is 0.375. The maximum absolute atomic E-state index is 12.4. The molecule has 1 atom stereocenters. The fourth-order valence-corrected chi connectivity index (χ4v) is 3.43. The molecule has 2 rings (SSSR count). The van der Waals surface area contributed by atoms with Gasteiger partial charge in [0.2, 0.25) is 10.0 Å². The number of carboxylic acid groups (broad SMARTS) is 1. The zero-order valence-electron chi connectivity index (χ0n) is 13.7. The molecule has 1 heterocycles. The molecule has 0 aliphatic heterocycles. The predicted octanol–water partition coefficient (Wildman–Crippen LogP) is 2.43. The third kappa shape index (κ3) is 4.42. The Balaban J connectivity index is 2.21. The lowest BCUT2D eigenvalue weighted by atomic mass is 10.1. The molecule has 130 valence electrons. The molecule has 0 unspecified atom stereocenters. The van der Waals surface area contributed by atoms with Crippen molar-refractivity contribution in [2.24, 2.45) is 5.92 Å². The Hall–Kier alpha value is -2.19. The summed E-state index contributed by atoms with van der Waals surface area (Å²) < 4.78 is 32.1. The molecule has 0 amide bonds. The van der Waals surface area contributed by atoms with Crippen LogP contribution < -0.4 is 4.72 Å². The number of hydrogen-bond acceptors (Lipinski definition) is 5. The van der Waals surface area contributed by atoms with E-state index in [1.807, 2.05) is 13.8 Å². The van der Waals surface area contributed by atoms with Crippen molar-refractivity contribution in [1.29, 1.82) is 0 Å². The molecule has 2 aromatic rings. The van der Waals surface area contributed by atoms with E-state index >= 15 is 0 Å². The zero-order valence-corrected chi connectivity index (χ0v) is 14.5. The second-order valence-electron chi connectivity index (χ2n) is 5.92. The van der Waals surface area contributed by atoms with Gasteiger partial charge in [-0.1, -0.05) is 26.0 Å². The Labute approximate surface area is 140 Å². The molecule has 0 aliphatic rings. The van der Waals surface area contributed by atoms with Crippen LogP contribution in [0, 0.1) is 12.8 Å². The smallest absolute Gasteiger partial charge is 0.321 e. The molecular formula is C16H20N2O5S. The molecule has 0 fully saturated rings. The Bertz CT molecular complexity index is 809. The lowest BCUT2D eigenvalue weighted by molar-refractivity contribution is -0.139. The van der Waals surface area contributed by atoms with E-state index in [2.05, 4.69) is 9.71 Å². The van der Waals surface area contributed by atoms with Crippen LogP contribution in [0.4, 0.5) is 0 Å². The number of hydrogen-bond donors (Lipinski definition) is 2. The van der Waals surface area contributed by atoms with E-state index in [9.17, 15) is 18.3 Å². The number of nitrogens with zero attached hydrogens (tertiary/aromatic N) is 1. The van der Waals surface area contributed by atoms with Crippen LogP contribution in [0.1, 0.15) is 26.2 Å². The molecule has 24 heavy (non-hydrogen) atoms. The highest BCUT2D eigenvalue weighted by atomic mass is 32.2. The van der Waals surface area contributed by atoms with E-state index in [-0.39, 0.29) is 17.2 Å². The van der Waals surface area contributed by atoms with Gasteiger partial charge in [-0.15, -0.1) is 0 Å². The van der Waals surface area contributed by atoms with Gasteiger partial charge in [0, 0.05) is 12.5 Å². The highest BCUT2D eigenvalue weighted by molar-refractivity contribution is 7.89. The van der Waals surface area contributed by atoms with Crippen molar-refractivity contribution < 1.29 is 22.7 Å². The first-order valence-corrected chi connectivity index (χ1v) is 8.95. The lowest BCUT2D eigenvalue weighted by Gasteiger charge is -2.16. The summed E-state index contributed by atoms with van der Waals surface area (Å²) in [6.07, 6.45) is 1.70. The van der Waals surface area contributed by atoms with Crippen molar-refractivity contribution in [3.05, 3.63) is 36.4 Å². The average Bonchev–Trinajstić information content (AvgIpc) is 2.92. The summed E-state index contributed by atoms with van der Waals surface area (Å²) in [5.74, 6) is -0.630. The van der Waals surface area contributed by atoms with Gasteiger partial charge < -0.3 is 9.52 Å². The van der Waals surface area contributed by atoms with Crippen molar-refractivity contribution in [3.8, 4) is 11.3 Å². The van der Waals surface area contributed by atoms with Crippen molar-refractivity contribution in [2.45, 2.75) is 38.1 Å². The molecular weight excluding hydrogens is 332 g/mol. The topological polar surface area (TPSA) is 110 Å². The Morgan fingerprint density at radius 1 is 1.29 bits per heavy atom. The van der Waals surface area contributed by atoms with E-state index in [1.165, 1.54) is 18.4 Å². The maximum atomic E-state index is 12.4. The zero-order chi connectivity index (χ0) is 17.9. The van der Waals surface area contributed by atoms with Gasteiger partial charge in [-0.3, -0.25) is 4.79 Å². The van der Waals surface area contributed by atoms with Gasteiger partial charge in [-0.05, 0) is 24.5 Å². The van der Waals surface area contributed by atoms with Crippen LogP contribution in [0.25, 0.3) is 11.3 Å². The summed E-state index contributed by atoms with van der Waals surface area (Å²) in [5.41, 5.74) is 1.32. The third-order valence-corrected chi connectivity index (χ3v) is 4.87. The lowest BCUT2D eigenvalue weighted by Crippen LogP contribution is -2.41. The molecule has 0 saturated heterocycles. The molecule has 1 aromatic heterocycles. The first kappa shape index (κ1) is 18.2. The van der Waals surface area contributed by atoms with Crippen LogP contribution >= 0.6 is 0 Å². The van der Waals surface area contributed by atoms with Gasteiger partial charge in [0.25, 0.3) is 0 Å². The molecule has 0 spiro atoms. The summed E-state index contributed by atoms with van der Waals surface area (Å²) in [5, 5.41) is 9.18. The van der Waals surface area contributed by atoms with Gasteiger partial charge in [-0.2, -0.15) is 4.72 Å². The van der Waals surface area contributed by atoms with E-state index < -0.39 is 22.0 Å². The third-order valence-electron chi connectivity index (χ3n) is 3.38. The summed E-state index contributed by atoms with van der Waals surface area (Å²) in [7, 11) is -3.92. The van der Waals surface area contributed by atoms with E-state index in [1.54, 1.807) is 19.1 Å². The molecule has 7 nitrogen and oxygen atoms in total. The van der Waals surface area contributed by atoms with Crippen LogP contribution in [-0.2, 0) is 14.8 Å². The van der Waals surface area contributed by atoms with Crippen molar-refractivity contribution in [2.75, 3.05) is 0 Å². The molecule has 0 radical (unpaired) electrons. The molecule has 0 bridgehead atoms. The van der Waals surface area contributed by atoms with Crippen LogP contribution in [0.5, 0.6) is 0 Å². The number of nitrogens with one attached hydrogen (secondary N) is 1.